The van der Waals surface area contributed by atoms with Gasteiger partial charge in [-0.3, -0.25) is 4.79 Å². The lowest BCUT2D eigenvalue weighted by Gasteiger charge is -2.33. The lowest BCUT2D eigenvalue weighted by atomic mass is 9.77. The summed E-state index contributed by atoms with van der Waals surface area (Å²) in [5.41, 5.74) is 6.34. The first kappa shape index (κ1) is 22.5. The number of sulfonamides is 1. The Morgan fingerprint density at radius 2 is 1.78 bits per heavy atom. The second-order valence-electron chi connectivity index (χ2n) is 8.76. The third kappa shape index (κ3) is 4.87. The molecule has 0 saturated heterocycles. The fourth-order valence-corrected chi connectivity index (χ4v) is 5.66. The zero-order chi connectivity index (χ0) is 22.9. The molecular weight excluding hydrogens is 420 g/mol. The van der Waals surface area contributed by atoms with E-state index in [0.29, 0.717) is 25.8 Å². The van der Waals surface area contributed by atoms with Gasteiger partial charge in [0.2, 0.25) is 10.0 Å². The van der Waals surface area contributed by atoms with E-state index in [-0.39, 0.29) is 17.5 Å². The predicted molar refractivity (Wildman–Crippen MR) is 130 cm³/mol. The third-order valence-corrected chi connectivity index (χ3v) is 7.05. The summed E-state index contributed by atoms with van der Waals surface area (Å²) in [6, 6.07) is 18.4. The van der Waals surface area contributed by atoms with Gasteiger partial charge in [-0.05, 0) is 61.4 Å². The zero-order valence-electron chi connectivity index (χ0n) is 18.8. The van der Waals surface area contributed by atoms with E-state index in [2.05, 4.69) is 48.0 Å². The topological polar surface area (TPSA) is 68.2 Å². The Bertz CT molecular complexity index is 1290. The van der Waals surface area contributed by atoms with Crippen LogP contribution < -0.4 is 10.3 Å². The maximum absolute atomic E-state index is 13.3. The van der Waals surface area contributed by atoms with Gasteiger partial charge in [-0.25, -0.2) is 13.1 Å². The molecule has 2 aromatic carbocycles. The van der Waals surface area contributed by atoms with Gasteiger partial charge in [-0.2, -0.15) is 0 Å². The van der Waals surface area contributed by atoms with Gasteiger partial charge in [0, 0.05) is 30.3 Å². The number of hydrogen-bond donors (Lipinski definition) is 1. The van der Waals surface area contributed by atoms with E-state index < -0.39 is 10.0 Å². The van der Waals surface area contributed by atoms with Gasteiger partial charge in [-0.15, -0.1) is 0 Å². The highest BCUT2D eigenvalue weighted by atomic mass is 32.2. The molecule has 32 heavy (non-hydrogen) atoms. The summed E-state index contributed by atoms with van der Waals surface area (Å²) in [6.07, 6.45) is 5.01. The van der Waals surface area contributed by atoms with Crippen molar-refractivity contribution in [1.29, 1.82) is 0 Å². The fourth-order valence-electron chi connectivity index (χ4n) is 4.82. The average molecular weight is 451 g/mol. The van der Waals surface area contributed by atoms with E-state index in [1.165, 1.54) is 11.8 Å². The zero-order valence-corrected chi connectivity index (χ0v) is 19.7. The normalized spacial score (nSPS) is 18.3. The van der Waals surface area contributed by atoms with Gasteiger partial charge in [-0.1, -0.05) is 54.1 Å². The summed E-state index contributed by atoms with van der Waals surface area (Å²) in [6.45, 7) is 4.61. The number of nitrogens with one attached hydrogen (secondary N) is 1. The molecule has 0 saturated carbocycles. The molecule has 0 bridgehead atoms. The highest BCUT2D eigenvalue weighted by molar-refractivity contribution is 7.88. The summed E-state index contributed by atoms with van der Waals surface area (Å²) < 4.78 is 28.7. The van der Waals surface area contributed by atoms with Crippen molar-refractivity contribution in [3.63, 3.8) is 0 Å². The monoisotopic (exact) mass is 450 g/mol. The lowest BCUT2D eigenvalue weighted by molar-refractivity contribution is 0.424. The van der Waals surface area contributed by atoms with Gasteiger partial charge in [0.15, 0.2) is 0 Å². The Kier molecular flexibility index (Phi) is 6.35. The van der Waals surface area contributed by atoms with Crippen LogP contribution in [0.5, 0.6) is 0 Å². The molecule has 1 heterocycles. The minimum absolute atomic E-state index is 0.00941. The molecule has 168 valence electrons. The van der Waals surface area contributed by atoms with Crippen molar-refractivity contribution in [1.82, 2.24) is 9.29 Å². The van der Waals surface area contributed by atoms with Gasteiger partial charge >= 0.3 is 0 Å². The first-order chi connectivity index (χ1) is 15.2. The molecule has 6 heteroatoms. The smallest absolute Gasteiger partial charge is 0.254 e. The van der Waals surface area contributed by atoms with Crippen molar-refractivity contribution in [3.8, 4) is 11.1 Å². The highest BCUT2D eigenvalue weighted by Gasteiger charge is 2.34. The van der Waals surface area contributed by atoms with Crippen LogP contribution in [0.25, 0.3) is 11.1 Å². The van der Waals surface area contributed by atoms with Crippen molar-refractivity contribution in [2.24, 2.45) is 0 Å². The van der Waals surface area contributed by atoms with Crippen LogP contribution in [0.3, 0.4) is 0 Å². The molecular formula is C26H30N2O3S. The Morgan fingerprint density at radius 3 is 2.47 bits per heavy atom. The first-order valence-corrected chi connectivity index (χ1v) is 13.0. The number of nitrogens with zero attached hydrogens (tertiary/aromatic N) is 1. The lowest BCUT2D eigenvalue weighted by Crippen LogP contribution is -2.45. The van der Waals surface area contributed by atoms with Gasteiger partial charge < -0.3 is 4.57 Å². The minimum Gasteiger partial charge on any atom is -0.316 e. The van der Waals surface area contributed by atoms with Crippen LogP contribution >= 0.6 is 0 Å². The molecule has 5 nitrogen and oxygen atoms in total. The third-order valence-electron chi connectivity index (χ3n) is 6.31. The number of rotatable bonds is 6. The highest BCUT2D eigenvalue weighted by Crippen LogP contribution is 2.34. The number of benzene rings is 2. The Balaban J connectivity index is 1.76. The molecule has 0 radical (unpaired) electrons. The van der Waals surface area contributed by atoms with Crippen LogP contribution in [0.1, 0.15) is 41.5 Å². The molecule has 2 atom stereocenters. The van der Waals surface area contributed by atoms with Crippen molar-refractivity contribution in [2.75, 3.05) is 6.26 Å². The van der Waals surface area contributed by atoms with Gasteiger partial charge in [0.05, 0.1) is 6.26 Å². The largest absolute Gasteiger partial charge is 0.316 e. The number of aromatic nitrogens is 1. The molecule has 0 spiro atoms. The van der Waals surface area contributed by atoms with E-state index in [1.54, 1.807) is 4.57 Å². The van der Waals surface area contributed by atoms with Crippen LogP contribution in [-0.2, 0) is 29.4 Å². The van der Waals surface area contributed by atoms with Crippen LogP contribution in [0, 0.1) is 6.92 Å². The summed E-state index contributed by atoms with van der Waals surface area (Å²) in [5, 5.41) is 0. The molecule has 4 rings (SSSR count). The van der Waals surface area contributed by atoms with Gasteiger partial charge in [0.25, 0.3) is 5.56 Å². The second kappa shape index (κ2) is 9.04. The van der Waals surface area contributed by atoms with Crippen molar-refractivity contribution < 1.29 is 8.42 Å². The molecule has 1 aromatic heterocycles. The number of fused-ring (bicyclic) bond motifs is 1. The number of aryl methyl sites for hydroxylation is 3. The van der Waals surface area contributed by atoms with Crippen LogP contribution in [0.2, 0.25) is 0 Å². The van der Waals surface area contributed by atoms with Crippen molar-refractivity contribution in [3.05, 3.63) is 93.4 Å². The summed E-state index contributed by atoms with van der Waals surface area (Å²) >= 11 is 0. The summed E-state index contributed by atoms with van der Waals surface area (Å²) in [5.74, 6) is -0.215. The Morgan fingerprint density at radius 1 is 1.06 bits per heavy atom. The Labute approximate surface area is 190 Å². The quantitative estimate of drug-likeness (QED) is 0.616. The second-order valence-corrected chi connectivity index (χ2v) is 10.5. The van der Waals surface area contributed by atoms with E-state index in [9.17, 15) is 13.2 Å². The number of hydrogen-bond acceptors (Lipinski definition) is 3. The molecule has 3 aromatic rings. The standard InChI is InChI=1S/C26H30N2O3S/c1-4-28-14-13-20-11-12-24(27-32(3,30)31)23(25(20)26(28)29)17-19-8-6-10-22(16-19)21-9-5-7-18(2)15-21/h5-10,13-16,23-24,27H,4,11-12,17H2,1-3H3. The summed E-state index contributed by atoms with van der Waals surface area (Å²) in [4.78, 5) is 13.3. The first-order valence-electron chi connectivity index (χ1n) is 11.1. The minimum atomic E-state index is -3.39. The van der Waals surface area contributed by atoms with E-state index in [0.717, 1.165) is 27.8 Å². The van der Waals surface area contributed by atoms with Gasteiger partial charge in [0.1, 0.15) is 0 Å². The summed E-state index contributed by atoms with van der Waals surface area (Å²) in [7, 11) is -3.39. The molecule has 2 unspecified atom stereocenters. The Hall–Kier alpha value is -2.70. The van der Waals surface area contributed by atoms with Crippen LogP contribution in [0.15, 0.2) is 65.6 Å². The molecule has 0 aliphatic heterocycles. The van der Waals surface area contributed by atoms with Crippen molar-refractivity contribution in [2.45, 2.75) is 51.6 Å². The SMILES string of the molecule is CCn1ccc2c(c1=O)C(Cc1cccc(-c3cccc(C)c3)c1)C(NS(C)(=O)=O)CC2. The molecule has 0 amide bonds. The van der Waals surface area contributed by atoms with E-state index in [4.69, 9.17) is 0 Å². The van der Waals surface area contributed by atoms with Crippen LogP contribution in [-0.4, -0.2) is 25.3 Å². The average Bonchev–Trinajstić information content (AvgIpc) is 2.75. The molecule has 1 aliphatic rings. The predicted octanol–water partition coefficient (Wildman–Crippen LogP) is 4.03. The van der Waals surface area contributed by atoms with E-state index in [1.807, 2.05) is 31.3 Å². The fraction of sp³-hybridized carbons (Fsp3) is 0.346. The maximum atomic E-state index is 13.3. The number of pyridine rings is 1. The molecule has 1 N–H and O–H groups in total. The molecule has 0 fully saturated rings. The molecule has 1 aliphatic carbocycles. The van der Waals surface area contributed by atoms with Crippen molar-refractivity contribution >= 4 is 10.0 Å². The maximum Gasteiger partial charge on any atom is 0.254 e. The van der Waals surface area contributed by atoms with E-state index >= 15 is 0 Å². The van der Waals surface area contributed by atoms with Crippen LogP contribution in [0.4, 0.5) is 0 Å².